The van der Waals surface area contributed by atoms with Crippen LogP contribution in [0.2, 0.25) is 0 Å². The van der Waals surface area contributed by atoms with Gasteiger partial charge in [0.15, 0.2) is 17.3 Å². The molecule has 0 saturated carbocycles. The molecule has 0 spiro atoms. The number of fused-ring (bicyclic) bond motifs is 2. The van der Waals surface area contributed by atoms with E-state index in [-0.39, 0.29) is 11.9 Å². The summed E-state index contributed by atoms with van der Waals surface area (Å²) in [5, 5.41) is 3.85. The van der Waals surface area contributed by atoms with Crippen molar-refractivity contribution in [1.82, 2.24) is 9.97 Å². The number of ether oxygens (including phenoxy) is 2. The second kappa shape index (κ2) is 8.31. The van der Waals surface area contributed by atoms with Crippen molar-refractivity contribution in [3.63, 3.8) is 0 Å². The summed E-state index contributed by atoms with van der Waals surface area (Å²) in [5.41, 5.74) is 8.25. The summed E-state index contributed by atoms with van der Waals surface area (Å²) < 4.78 is 26.5. The molecule has 0 amide bonds. The van der Waals surface area contributed by atoms with Crippen molar-refractivity contribution in [3.8, 4) is 11.5 Å². The number of anilines is 3. The molecule has 158 valence electrons. The molecule has 1 aromatic heterocycles. The summed E-state index contributed by atoms with van der Waals surface area (Å²) in [6.45, 7) is 3.12. The molecule has 1 atom stereocenters. The van der Waals surface area contributed by atoms with Crippen molar-refractivity contribution < 1.29 is 13.9 Å². The average Bonchev–Trinajstić information content (AvgIpc) is 3.04. The molecule has 2 aromatic carbocycles. The van der Waals surface area contributed by atoms with Crippen LogP contribution in [0.3, 0.4) is 0 Å². The number of halogens is 1. The molecule has 1 aliphatic rings. The minimum absolute atomic E-state index is 0.246. The molecule has 0 fully saturated rings. The Morgan fingerprint density at radius 3 is 2.87 bits per heavy atom. The second-order valence-electron chi connectivity index (χ2n) is 7.45. The van der Waals surface area contributed by atoms with Crippen LogP contribution >= 0.6 is 0 Å². The van der Waals surface area contributed by atoms with Crippen molar-refractivity contribution in [2.75, 3.05) is 37.5 Å². The van der Waals surface area contributed by atoms with Crippen molar-refractivity contribution >= 4 is 28.1 Å². The fourth-order valence-corrected chi connectivity index (χ4v) is 3.73. The van der Waals surface area contributed by atoms with Crippen LogP contribution in [0.15, 0.2) is 30.6 Å². The highest BCUT2D eigenvalue weighted by Crippen LogP contribution is 2.38. The molecule has 7 nitrogen and oxygen atoms in total. The van der Waals surface area contributed by atoms with Crippen molar-refractivity contribution in [1.29, 1.82) is 0 Å². The first-order valence-corrected chi connectivity index (χ1v) is 10.00. The van der Waals surface area contributed by atoms with E-state index in [9.17, 15) is 0 Å². The summed E-state index contributed by atoms with van der Waals surface area (Å²) in [4.78, 5) is 10.8. The highest BCUT2D eigenvalue weighted by atomic mass is 19.1. The monoisotopic (exact) mass is 411 g/mol. The maximum atomic E-state index is 15.2. The number of nitrogens with one attached hydrogen (secondary N) is 1. The molecule has 1 unspecified atom stereocenters. The number of benzene rings is 2. The maximum absolute atomic E-state index is 15.2. The summed E-state index contributed by atoms with van der Waals surface area (Å²) in [6.07, 6.45) is 2.86. The molecule has 1 aliphatic heterocycles. The smallest absolute Gasteiger partial charge is 0.163 e. The third kappa shape index (κ3) is 3.59. The zero-order valence-corrected chi connectivity index (χ0v) is 17.4. The Kier molecular flexibility index (Phi) is 5.59. The van der Waals surface area contributed by atoms with E-state index in [2.05, 4.69) is 27.1 Å². The Labute approximate surface area is 175 Å². The van der Waals surface area contributed by atoms with Gasteiger partial charge in [0.25, 0.3) is 0 Å². The third-order valence-corrected chi connectivity index (χ3v) is 5.54. The van der Waals surface area contributed by atoms with Crippen LogP contribution in [-0.4, -0.2) is 43.3 Å². The molecule has 2 heterocycles. The van der Waals surface area contributed by atoms with Gasteiger partial charge in [-0.05, 0) is 44.5 Å². The molecule has 0 bridgehead atoms. The number of likely N-dealkylation sites (N-methyl/N-ethyl adjacent to an activating group) is 1. The Hall–Kier alpha value is -3.13. The molecule has 0 aliphatic carbocycles. The van der Waals surface area contributed by atoms with Crippen LogP contribution in [0, 0.1) is 5.82 Å². The molecule has 3 N–H and O–H groups in total. The lowest BCUT2D eigenvalue weighted by atomic mass is 10.1. The molecule has 8 heteroatoms. The zero-order chi connectivity index (χ0) is 21.3. The molecular weight excluding hydrogens is 385 g/mol. The summed E-state index contributed by atoms with van der Waals surface area (Å²) in [5.74, 6) is 1.40. The fraction of sp³-hybridized carbons (Fsp3) is 0.364. The van der Waals surface area contributed by atoms with E-state index in [0.717, 1.165) is 17.7 Å². The van der Waals surface area contributed by atoms with Crippen LogP contribution < -0.4 is 25.4 Å². The van der Waals surface area contributed by atoms with E-state index < -0.39 is 0 Å². The topological polar surface area (TPSA) is 85.5 Å². The largest absolute Gasteiger partial charge is 0.493 e. The molecule has 3 aromatic rings. The Morgan fingerprint density at radius 2 is 2.10 bits per heavy atom. The number of methoxy groups -OCH3 is 1. The van der Waals surface area contributed by atoms with Gasteiger partial charge < -0.3 is 25.4 Å². The van der Waals surface area contributed by atoms with Gasteiger partial charge in [0, 0.05) is 35.8 Å². The summed E-state index contributed by atoms with van der Waals surface area (Å²) in [6, 6.07) is 7.56. The first kappa shape index (κ1) is 20.2. The Morgan fingerprint density at radius 1 is 1.27 bits per heavy atom. The van der Waals surface area contributed by atoms with E-state index in [1.165, 1.54) is 6.33 Å². The second-order valence-corrected chi connectivity index (χ2v) is 7.45. The van der Waals surface area contributed by atoms with Crippen LogP contribution in [-0.2, 0) is 6.42 Å². The first-order valence-electron chi connectivity index (χ1n) is 10.00. The van der Waals surface area contributed by atoms with E-state index in [0.29, 0.717) is 53.5 Å². The SMILES string of the molecule is COc1cc2c(Nc3ccc4c(c3F)CC(C)N4C)ncnc2cc1OCCCN. The van der Waals surface area contributed by atoms with Crippen molar-refractivity contribution in [2.45, 2.75) is 25.8 Å². The van der Waals surface area contributed by atoms with Gasteiger partial charge in [-0.1, -0.05) is 0 Å². The number of hydrogen-bond donors (Lipinski definition) is 2. The molecule has 0 radical (unpaired) electrons. The van der Waals surface area contributed by atoms with E-state index in [1.54, 1.807) is 25.3 Å². The zero-order valence-electron chi connectivity index (χ0n) is 17.4. The predicted molar refractivity (Wildman–Crippen MR) is 117 cm³/mol. The first-order chi connectivity index (χ1) is 14.5. The van der Waals surface area contributed by atoms with Gasteiger partial charge in [-0.2, -0.15) is 0 Å². The Bertz CT molecular complexity index is 1080. The molecule has 0 saturated heterocycles. The lowest BCUT2D eigenvalue weighted by molar-refractivity contribution is 0.292. The van der Waals surface area contributed by atoms with Gasteiger partial charge in [-0.15, -0.1) is 0 Å². The molecule has 4 rings (SSSR count). The van der Waals surface area contributed by atoms with Gasteiger partial charge in [0.1, 0.15) is 12.1 Å². The van der Waals surface area contributed by atoms with Gasteiger partial charge in [-0.3, -0.25) is 0 Å². The van der Waals surface area contributed by atoms with Gasteiger partial charge >= 0.3 is 0 Å². The minimum Gasteiger partial charge on any atom is -0.493 e. The van der Waals surface area contributed by atoms with Crippen molar-refractivity contribution in [3.05, 3.63) is 42.0 Å². The lowest BCUT2D eigenvalue weighted by Gasteiger charge is -2.18. The summed E-state index contributed by atoms with van der Waals surface area (Å²) >= 11 is 0. The van der Waals surface area contributed by atoms with Crippen LogP contribution in [0.1, 0.15) is 18.9 Å². The van der Waals surface area contributed by atoms with E-state index >= 15 is 4.39 Å². The standard InChI is InChI=1S/C22H26FN5O2/c1-13-9-15-18(28(13)2)6-5-16(21(15)23)27-22-14-10-19(29-3)20(30-8-4-7-24)11-17(14)25-12-26-22/h5-6,10-13H,4,7-9,24H2,1-3H3,(H,25,26,27). The normalized spacial score (nSPS) is 15.4. The lowest BCUT2D eigenvalue weighted by Crippen LogP contribution is -2.23. The maximum Gasteiger partial charge on any atom is 0.163 e. The fourth-order valence-electron chi connectivity index (χ4n) is 3.73. The van der Waals surface area contributed by atoms with Gasteiger partial charge in [0.2, 0.25) is 0 Å². The number of aromatic nitrogens is 2. The van der Waals surface area contributed by atoms with Crippen molar-refractivity contribution in [2.24, 2.45) is 5.73 Å². The van der Waals surface area contributed by atoms with E-state index in [1.807, 2.05) is 13.1 Å². The number of hydrogen-bond acceptors (Lipinski definition) is 7. The molecular formula is C22H26FN5O2. The van der Waals surface area contributed by atoms with Gasteiger partial charge in [-0.25, -0.2) is 14.4 Å². The number of nitrogens with two attached hydrogens (primary N) is 1. The average molecular weight is 411 g/mol. The number of nitrogens with zero attached hydrogens (tertiary/aromatic N) is 3. The Balaban J connectivity index is 1.69. The summed E-state index contributed by atoms with van der Waals surface area (Å²) in [7, 11) is 3.56. The minimum atomic E-state index is -0.246. The molecule has 30 heavy (non-hydrogen) atoms. The van der Waals surface area contributed by atoms with Crippen LogP contribution in [0.25, 0.3) is 10.9 Å². The predicted octanol–water partition coefficient (Wildman–Crippen LogP) is 3.63. The third-order valence-electron chi connectivity index (χ3n) is 5.54. The van der Waals surface area contributed by atoms with Crippen LogP contribution in [0.5, 0.6) is 11.5 Å². The highest BCUT2D eigenvalue weighted by Gasteiger charge is 2.27. The number of rotatable bonds is 7. The van der Waals surface area contributed by atoms with E-state index in [4.69, 9.17) is 15.2 Å². The quantitative estimate of drug-likeness (QED) is 0.574. The van der Waals surface area contributed by atoms with Crippen LogP contribution in [0.4, 0.5) is 21.6 Å². The van der Waals surface area contributed by atoms with Gasteiger partial charge in [0.05, 0.1) is 24.9 Å². The highest BCUT2D eigenvalue weighted by molar-refractivity contribution is 5.93.